The van der Waals surface area contributed by atoms with Crippen LogP contribution in [0.2, 0.25) is 15.1 Å². The Kier molecular flexibility index (Phi) is 5.25. The Morgan fingerprint density at radius 1 is 1.22 bits per heavy atom. The van der Waals surface area contributed by atoms with E-state index in [0.29, 0.717) is 5.13 Å². The van der Waals surface area contributed by atoms with Crippen LogP contribution in [-0.2, 0) is 0 Å². The number of nitrogens with zero attached hydrogens (tertiary/aromatic N) is 2. The lowest BCUT2D eigenvalue weighted by molar-refractivity contribution is 0.102. The summed E-state index contributed by atoms with van der Waals surface area (Å²) in [6.07, 6.45) is 1.28. The van der Waals surface area contributed by atoms with Crippen LogP contribution in [0.25, 0.3) is 10.6 Å². The number of anilines is 1. The molecule has 1 amide bonds. The molecule has 3 rings (SSSR count). The van der Waals surface area contributed by atoms with Gasteiger partial charge < -0.3 is 0 Å². The van der Waals surface area contributed by atoms with Crippen LogP contribution in [0.1, 0.15) is 10.5 Å². The summed E-state index contributed by atoms with van der Waals surface area (Å²) in [6.45, 7) is 0. The van der Waals surface area contributed by atoms with Gasteiger partial charge in [-0.2, -0.15) is 0 Å². The van der Waals surface area contributed by atoms with E-state index in [1.165, 1.54) is 17.5 Å². The molecule has 0 saturated heterocycles. The number of carbonyl (C=O) groups is 1. The predicted molar refractivity (Wildman–Crippen MR) is 100 cm³/mol. The molecule has 4 nitrogen and oxygen atoms in total. The Morgan fingerprint density at radius 3 is 2.70 bits per heavy atom. The van der Waals surface area contributed by atoms with Crippen molar-refractivity contribution < 1.29 is 4.79 Å². The Balaban J connectivity index is 1.81. The number of hydrogen-bond acceptors (Lipinski definition) is 5. The molecule has 0 aliphatic heterocycles. The van der Waals surface area contributed by atoms with Gasteiger partial charge in [0.25, 0.3) is 5.91 Å². The molecule has 3 aromatic heterocycles. The summed E-state index contributed by atoms with van der Waals surface area (Å²) >= 11 is 24.0. The van der Waals surface area contributed by atoms with Crippen molar-refractivity contribution in [1.82, 2.24) is 9.97 Å². The zero-order valence-corrected chi connectivity index (χ0v) is 16.4. The molecule has 0 atom stereocenters. The van der Waals surface area contributed by atoms with E-state index in [9.17, 15) is 4.79 Å². The van der Waals surface area contributed by atoms with Crippen molar-refractivity contribution in [2.75, 3.05) is 5.32 Å². The van der Waals surface area contributed by atoms with Crippen molar-refractivity contribution in [1.29, 1.82) is 0 Å². The number of hydrogen-bond donors (Lipinski definition) is 1. The molecule has 0 saturated carbocycles. The van der Waals surface area contributed by atoms with Gasteiger partial charge in [0, 0.05) is 11.6 Å². The van der Waals surface area contributed by atoms with Crippen LogP contribution in [-0.4, -0.2) is 15.9 Å². The van der Waals surface area contributed by atoms with E-state index in [2.05, 4.69) is 31.2 Å². The Morgan fingerprint density at radius 2 is 2.00 bits per heavy atom. The number of nitrogens with one attached hydrogen (secondary N) is 1. The number of pyridine rings is 1. The maximum absolute atomic E-state index is 12.3. The van der Waals surface area contributed by atoms with Gasteiger partial charge in [-0.15, -0.1) is 22.7 Å². The predicted octanol–water partition coefficient (Wildman–Crippen LogP) is 6.24. The number of rotatable bonds is 3. The lowest BCUT2D eigenvalue weighted by atomic mass is 10.3. The molecular formula is C13H5BrCl3N3OS2. The van der Waals surface area contributed by atoms with Gasteiger partial charge in [0.1, 0.15) is 5.69 Å². The third-order valence-electron chi connectivity index (χ3n) is 2.68. The largest absolute Gasteiger partial charge is 0.296 e. The number of amides is 1. The third-order valence-corrected chi connectivity index (χ3v) is 6.33. The standard InChI is InChI=1S/C13H5BrCl3N3OS2/c14-8-2-1-7(23-8)6-4-22-13(19-6)20-12(21)11-10(17)9(16)5(15)3-18-11/h1-4H,(H,19,20,21). The van der Waals surface area contributed by atoms with Crippen molar-refractivity contribution >= 4 is 84.4 Å². The van der Waals surface area contributed by atoms with Crippen LogP contribution < -0.4 is 5.32 Å². The van der Waals surface area contributed by atoms with Gasteiger partial charge >= 0.3 is 0 Å². The Labute approximate surface area is 162 Å². The van der Waals surface area contributed by atoms with E-state index >= 15 is 0 Å². The first-order valence-corrected chi connectivity index (χ1v) is 9.60. The number of halogens is 4. The van der Waals surface area contributed by atoms with Crippen LogP contribution in [0, 0.1) is 0 Å². The summed E-state index contributed by atoms with van der Waals surface area (Å²) in [5.41, 5.74) is 0.783. The number of thiazole rings is 1. The molecule has 1 N–H and O–H groups in total. The molecule has 10 heteroatoms. The Bertz CT molecular complexity index is 896. The first kappa shape index (κ1) is 17.1. The average Bonchev–Trinajstić information content (AvgIpc) is 3.13. The van der Waals surface area contributed by atoms with E-state index in [1.807, 2.05) is 17.5 Å². The number of carbonyl (C=O) groups excluding carboxylic acids is 1. The molecule has 118 valence electrons. The van der Waals surface area contributed by atoms with Crippen molar-refractivity contribution in [2.45, 2.75) is 0 Å². The van der Waals surface area contributed by atoms with Crippen molar-refractivity contribution in [3.8, 4) is 10.6 Å². The Hall–Kier alpha value is -0.700. The molecule has 0 radical (unpaired) electrons. The highest BCUT2D eigenvalue weighted by Gasteiger charge is 2.18. The highest BCUT2D eigenvalue weighted by Crippen LogP contribution is 2.34. The third kappa shape index (κ3) is 3.70. The van der Waals surface area contributed by atoms with Crippen molar-refractivity contribution in [3.63, 3.8) is 0 Å². The molecule has 0 spiro atoms. The van der Waals surface area contributed by atoms with Crippen molar-refractivity contribution in [2.24, 2.45) is 0 Å². The maximum atomic E-state index is 12.3. The summed E-state index contributed by atoms with van der Waals surface area (Å²) in [6, 6.07) is 3.89. The summed E-state index contributed by atoms with van der Waals surface area (Å²) in [5.74, 6) is -0.498. The van der Waals surface area contributed by atoms with Crippen LogP contribution in [0.15, 0.2) is 27.5 Å². The van der Waals surface area contributed by atoms with Crippen molar-refractivity contribution in [3.05, 3.63) is 48.3 Å². The van der Waals surface area contributed by atoms with Gasteiger partial charge in [-0.3, -0.25) is 10.1 Å². The summed E-state index contributed by atoms with van der Waals surface area (Å²) in [4.78, 5) is 21.5. The summed E-state index contributed by atoms with van der Waals surface area (Å²) < 4.78 is 1.01. The fraction of sp³-hybridized carbons (Fsp3) is 0. The second-order valence-corrected chi connectivity index (χ2v) is 8.66. The van der Waals surface area contributed by atoms with E-state index in [0.717, 1.165) is 14.4 Å². The normalized spacial score (nSPS) is 10.8. The number of aromatic nitrogens is 2. The molecule has 23 heavy (non-hydrogen) atoms. The first-order chi connectivity index (χ1) is 11.0. The molecule has 0 aliphatic carbocycles. The van der Waals surface area contributed by atoms with Gasteiger partial charge in [-0.25, -0.2) is 9.97 Å². The molecule has 3 heterocycles. The zero-order valence-electron chi connectivity index (χ0n) is 10.9. The van der Waals surface area contributed by atoms with E-state index in [-0.39, 0.29) is 20.8 Å². The minimum Gasteiger partial charge on any atom is -0.296 e. The molecule has 0 unspecified atom stereocenters. The summed E-state index contributed by atoms with van der Waals surface area (Å²) in [5, 5.41) is 5.25. The molecule has 0 fully saturated rings. The lowest BCUT2D eigenvalue weighted by Crippen LogP contribution is -2.14. The minimum absolute atomic E-state index is 0.00307. The minimum atomic E-state index is -0.498. The number of thiophene rings is 1. The van der Waals surface area contributed by atoms with Gasteiger partial charge in [0.05, 0.1) is 29.4 Å². The van der Waals surface area contributed by atoms with Gasteiger partial charge in [0.15, 0.2) is 5.13 Å². The second kappa shape index (κ2) is 7.04. The summed E-state index contributed by atoms with van der Waals surface area (Å²) in [7, 11) is 0. The van der Waals surface area contributed by atoms with Gasteiger partial charge in [-0.1, -0.05) is 34.8 Å². The zero-order chi connectivity index (χ0) is 16.6. The molecular weight excluding hydrogens is 465 g/mol. The highest BCUT2D eigenvalue weighted by atomic mass is 79.9. The molecule has 3 aromatic rings. The second-order valence-electron chi connectivity index (χ2n) is 4.18. The van der Waals surface area contributed by atoms with E-state index in [1.54, 1.807) is 11.3 Å². The SMILES string of the molecule is O=C(Nc1nc(-c2ccc(Br)s2)cs1)c1ncc(Cl)c(Cl)c1Cl. The molecule has 0 aromatic carbocycles. The molecule has 0 bridgehead atoms. The quantitative estimate of drug-likeness (QED) is 0.494. The van der Waals surface area contributed by atoms with E-state index in [4.69, 9.17) is 34.8 Å². The van der Waals surface area contributed by atoms with Gasteiger partial charge in [-0.05, 0) is 28.1 Å². The van der Waals surface area contributed by atoms with Crippen LogP contribution >= 0.6 is 73.4 Å². The van der Waals surface area contributed by atoms with Crippen LogP contribution in [0.3, 0.4) is 0 Å². The fourth-order valence-electron chi connectivity index (χ4n) is 1.65. The van der Waals surface area contributed by atoms with Crippen LogP contribution in [0.5, 0.6) is 0 Å². The highest BCUT2D eigenvalue weighted by molar-refractivity contribution is 9.11. The lowest BCUT2D eigenvalue weighted by Gasteiger charge is -2.05. The van der Waals surface area contributed by atoms with Gasteiger partial charge in [0.2, 0.25) is 0 Å². The topological polar surface area (TPSA) is 54.9 Å². The first-order valence-electron chi connectivity index (χ1n) is 5.98. The molecule has 0 aliphatic rings. The fourth-order valence-corrected chi connectivity index (χ4v) is 4.35. The van der Waals surface area contributed by atoms with Crippen LogP contribution in [0.4, 0.5) is 5.13 Å². The average molecular weight is 470 g/mol. The maximum Gasteiger partial charge on any atom is 0.277 e. The van der Waals surface area contributed by atoms with E-state index < -0.39 is 5.91 Å². The smallest absolute Gasteiger partial charge is 0.277 e. The monoisotopic (exact) mass is 467 g/mol.